The van der Waals surface area contributed by atoms with Gasteiger partial charge in [0.05, 0.1) is 0 Å². The largest absolute Gasteiger partial charge is 0.508 e. The average molecular weight is 369 g/mol. The summed E-state index contributed by atoms with van der Waals surface area (Å²) in [5.41, 5.74) is 0.605. The Morgan fingerprint density at radius 1 is 1.00 bits per heavy atom. The van der Waals surface area contributed by atoms with Crippen molar-refractivity contribution in [3.05, 3.63) is 54.4 Å². The summed E-state index contributed by atoms with van der Waals surface area (Å²) in [6.07, 6.45) is 3.28. The first kappa shape index (κ1) is 18.7. The van der Waals surface area contributed by atoms with E-state index in [9.17, 15) is 14.7 Å². The lowest BCUT2D eigenvalue weighted by Gasteiger charge is -2.25. The molecule has 7 nitrogen and oxygen atoms in total. The smallest absolute Gasteiger partial charge is 0.263 e. The molecule has 2 heterocycles. The van der Waals surface area contributed by atoms with Crippen LogP contribution in [-0.4, -0.2) is 64.0 Å². The summed E-state index contributed by atoms with van der Waals surface area (Å²) in [5, 5.41) is 9.32. The molecule has 0 aliphatic carbocycles. The Labute approximate surface area is 158 Å². The van der Waals surface area contributed by atoms with E-state index in [1.165, 1.54) is 12.1 Å². The van der Waals surface area contributed by atoms with E-state index in [4.69, 9.17) is 4.74 Å². The molecule has 1 aromatic heterocycles. The molecule has 1 aromatic carbocycles. The van der Waals surface area contributed by atoms with Gasteiger partial charge in [-0.3, -0.25) is 14.6 Å². The van der Waals surface area contributed by atoms with Crippen LogP contribution in [0.3, 0.4) is 0 Å². The van der Waals surface area contributed by atoms with Gasteiger partial charge in [0.2, 0.25) is 0 Å². The highest BCUT2D eigenvalue weighted by molar-refractivity contribution is 5.94. The van der Waals surface area contributed by atoms with Crippen molar-refractivity contribution in [1.82, 2.24) is 14.8 Å². The average Bonchev–Trinajstić information content (AvgIpc) is 2.95. The Balaban J connectivity index is 1.57. The summed E-state index contributed by atoms with van der Waals surface area (Å²) in [4.78, 5) is 32.7. The van der Waals surface area contributed by atoms with Gasteiger partial charge in [0.25, 0.3) is 11.8 Å². The minimum Gasteiger partial charge on any atom is -0.508 e. The summed E-state index contributed by atoms with van der Waals surface area (Å²) in [7, 11) is 0. The van der Waals surface area contributed by atoms with E-state index in [0.717, 1.165) is 0 Å². The van der Waals surface area contributed by atoms with Crippen molar-refractivity contribution in [2.24, 2.45) is 0 Å². The predicted octanol–water partition coefficient (Wildman–Crippen LogP) is 1.93. The number of pyridine rings is 1. The second kappa shape index (κ2) is 8.53. The number of rotatable bonds is 4. The highest BCUT2D eigenvalue weighted by atomic mass is 16.5. The maximum Gasteiger partial charge on any atom is 0.263 e. The lowest BCUT2D eigenvalue weighted by molar-refractivity contribution is -0.137. The number of phenols is 1. The third-order valence-electron chi connectivity index (χ3n) is 4.52. The molecule has 1 unspecified atom stereocenters. The van der Waals surface area contributed by atoms with E-state index < -0.39 is 6.10 Å². The van der Waals surface area contributed by atoms with E-state index in [1.54, 1.807) is 53.4 Å². The molecular weight excluding hydrogens is 346 g/mol. The van der Waals surface area contributed by atoms with Crippen molar-refractivity contribution in [3.63, 3.8) is 0 Å². The molecule has 142 valence electrons. The number of hydrogen-bond acceptors (Lipinski definition) is 5. The first-order valence-corrected chi connectivity index (χ1v) is 8.98. The van der Waals surface area contributed by atoms with Crippen molar-refractivity contribution in [3.8, 4) is 11.5 Å². The first-order valence-electron chi connectivity index (χ1n) is 8.98. The molecule has 1 aliphatic heterocycles. The zero-order valence-electron chi connectivity index (χ0n) is 15.2. The summed E-state index contributed by atoms with van der Waals surface area (Å²) in [6, 6.07) is 9.67. The zero-order chi connectivity index (χ0) is 19.2. The topological polar surface area (TPSA) is 83.0 Å². The van der Waals surface area contributed by atoms with Gasteiger partial charge in [-0.1, -0.05) is 0 Å². The van der Waals surface area contributed by atoms with Crippen LogP contribution in [0.25, 0.3) is 0 Å². The summed E-state index contributed by atoms with van der Waals surface area (Å²) < 4.78 is 5.68. The molecule has 2 aromatic rings. The fraction of sp³-hybridized carbons (Fsp3) is 0.350. The van der Waals surface area contributed by atoms with Gasteiger partial charge in [0.15, 0.2) is 6.10 Å². The van der Waals surface area contributed by atoms with Gasteiger partial charge in [-0.15, -0.1) is 0 Å². The monoisotopic (exact) mass is 369 g/mol. The fourth-order valence-electron chi connectivity index (χ4n) is 3.05. The van der Waals surface area contributed by atoms with Crippen molar-refractivity contribution in [2.75, 3.05) is 26.2 Å². The van der Waals surface area contributed by atoms with Crippen LogP contribution in [0.4, 0.5) is 0 Å². The molecular formula is C20H23N3O4. The molecule has 1 saturated heterocycles. The summed E-state index contributed by atoms with van der Waals surface area (Å²) >= 11 is 0. The molecule has 1 aliphatic rings. The van der Waals surface area contributed by atoms with Crippen LogP contribution in [0.5, 0.6) is 11.5 Å². The van der Waals surface area contributed by atoms with E-state index in [2.05, 4.69) is 4.98 Å². The minimum absolute atomic E-state index is 0.0416. The normalized spacial score (nSPS) is 15.7. The van der Waals surface area contributed by atoms with Crippen LogP contribution in [-0.2, 0) is 4.79 Å². The Kier molecular flexibility index (Phi) is 5.90. The van der Waals surface area contributed by atoms with Gasteiger partial charge < -0.3 is 19.6 Å². The molecule has 0 bridgehead atoms. The molecule has 0 radical (unpaired) electrons. The Hall–Kier alpha value is -3.09. The highest BCUT2D eigenvalue weighted by Crippen LogP contribution is 2.18. The van der Waals surface area contributed by atoms with Crippen LogP contribution < -0.4 is 4.74 Å². The first-order chi connectivity index (χ1) is 13.0. The molecule has 1 atom stereocenters. The summed E-state index contributed by atoms with van der Waals surface area (Å²) in [6.45, 7) is 3.86. The van der Waals surface area contributed by atoms with Gasteiger partial charge in [-0.05, 0) is 49.7 Å². The molecule has 0 spiro atoms. The molecule has 7 heteroatoms. The zero-order valence-corrected chi connectivity index (χ0v) is 15.2. The van der Waals surface area contributed by atoms with Gasteiger partial charge in [-0.25, -0.2) is 0 Å². The van der Waals surface area contributed by atoms with E-state index in [0.29, 0.717) is 43.9 Å². The number of aromatic nitrogens is 1. The highest BCUT2D eigenvalue weighted by Gasteiger charge is 2.26. The van der Waals surface area contributed by atoms with Crippen LogP contribution in [0.15, 0.2) is 48.8 Å². The number of carbonyl (C=O) groups is 2. The molecule has 3 rings (SSSR count). The second-order valence-electron chi connectivity index (χ2n) is 6.46. The lowest BCUT2D eigenvalue weighted by atomic mass is 10.2. The number of ether oxygens (including phenoxy) is 1. The van der Waals surface area contributed by atoms with E-state index in [-0.39, 0.29) is 17.6 Å². The van der Waals surface area contributed by atoms with Crippen LogP contribution >= 0.6 is 0 Å². The van der Waals surface area contributed by atoms with Crippen LogP contribution in [0.2, 0.25) is 0 Å². The maximum atomic E-state index is 12.7. The van der Waals surface area contributed by atoms with Gasteiger partial charge in [0.1, 0.15) is 11.5 Å². The second-order valence-corrected chi connectivity index (χ2v) is 6.46. The maximum absolute atomic E-state index is 12.7. The van der Waals surface area contributed by atoms with Crippen LogP contribution in [0, 0.1) is 0 Å². The van der Waals surface area contributed by atoms with Gasteiger partial charge in [-0.2, -0.15) is 0 Å². The van der Waals surface area contributed by atoms with E-state index >= 15 is 0 Å². The minimum atomic E-state index is -0.642. The fourth-order valence-corrected chi connectivity index (χ4v) is 3.05. The standard InChI is InChI=1S/C20H23N3O4/c1-15(27-18-5-3-17(24)4-6-18)19(25)22-11-2-12-23(14-13-22)20(26)16-7-9-21-10-8-16/h3-10,15,24H,2,11-14H2,1H3. The quantitative estimate of drug-likeness (QED) is 0.890. The number of hydrogen-bond donors (Lipinski definition) is 1. The van der Waals surface area contributed by atoms with E-state index in [1.807, 2.05) is 0 Å². The number of nitrogens with zero attached hydrogens (tertiary/aromatic N) is 3. The Morgan fingerprint density at radius 3 is 2.33 bits per heavy atom. The van der Waals surface area contributed by atoms with Crippen molar-refractivity contribution >= 4 is 11.8 Å². The lowest BCUT2D eigenvalue weighted by Crippen LogP contribution is -2.43. The third kappa shape index (κ3) is 4.75. The number of amides is 2. The number of aromatic hydroxyl groups is 1. The number of phenolic OH excluding ortho intramolecular Hbond substituents is 1. The Bertz CT molecular complexity index is 780. The third-order valence-corrected chi connectivity index (χ3v) is 4.52. The molecule has 1 fully saturated rings. The predicted molar refractivity (Wildman–Crippen MR) is 99.5 cm³/mol. The number of carbonyl (C=O) groups excluding carboxylic acids is 2. The SMILES string of the molecule is CC(Oc1ccc(O)cc1)C(=O)N1CCCN(C(=O)c2ccncc2)CC1. The summed E-state index contributed by atoms with van der Waals surface area (Å²) in [5.74, 6) is 0.521. The van der Waals surface area contributed by atoms with Crippen molar-refractivity contribution < 1.29 is 19.4 Å². The van der Waals surface area contributed by atoms with Gasteiger partial charge in [0, 0.05) is 44.1 Å². The van der Waals surface area contributed by atoms with Crippen molar-refractivity contribution in [1.29, 1.82) is 0 Å². The molecule has 0 saturated carbocycles. The van der Waals surface area contributed by atoms with Gasteiger partial charge >= 0.3 is 0 Å². The molecule has 27 heavy (non-hydrogen) atoms. The van der Waals surface area contributed by atoms with Crippen molar-refractivity contribution in [2.45, 2.75) is 19.4 Å². The molecule has 2 amide bonds. The van der Waals surface area contributed by atoms with Crippen LogP contribution in [0.1, 0.15) is 23.7 Å². The number of benzene rings is 1. The Morgan fingerprint density at radius 2 is 1.63 bits per heavy atom. The molecule has 1 N–H and O–H groups in total.